The number of carbonyl (C=O) groups is 1. The number of carbonyl (C=O) groups excluding carboxylic acids is 1. The molecule has 1 unspecified atom stereocenters. The zero-order valence-electron chi connectivity index (χ0n) is 9.71. The Labute approximate surface area is 121 Å². The first-order valence-electron chi connectivity index (χ1n) is 5.71. The van der Waals surface area contributed by atoms with Crippen LogP contribution in [-0.4, -0.2) is 30.0 Å². The number of nitrogens with one attached hydrogen (secondary N) is 2. The summed E-state index contributed by atoms with van der Waals surface area (Å²) >= 11 is 13.7. The molecule has 2 rings (SSSR count). The van der Waals surface area contributed by atoms with Crippen LogP contribution in [-0.2, 0) is 4.79 Å². The first-order valence-corrected chi connectivity index (χ1v) is 7.62. The van der Waals surface area contributed by atoms with E-state index < -0.39 is 0 Å². The van der Waals surface area contributed by atoms with Gasteiger partial charge in [-0.25, -0.2) is 0 Å². The molecule has 6 heteroatoms. The summed E-state index contributed by atoms with van der Waals surface area (Å²) in [5.41, 5.74) is 0.606. The van der Waals surface area contributed by atoms with Gasteiger partial charge in [0.2, 0.25) is 5.91 Å². The summed E-state index contributed by atoms with van der Waals surface area (Å²) in [6.45, 7) is 0.963. The van der Waals surface area contributed by atoms with Gasteiger partial charge in [0.1, 0.15) is 0 Å². The van der Waals surface area contributed by atoms with Crippen molar-refractivity contribution >= 4 is 46.6 Å². The molecule has 1 atom stereocenters. The van der Waals surface area contributed by atoms with Gasteiger partial charge in [0, 0.05) is 35.5 Å². The van der Waals surface area contributed by atoms with Gasteiger partial charge >= 0.3 is 0 Å². The lowest BCUT2D eigenvalue weighted by Gasteiger charge is -2.22. The molecule has 1 heterocycles. The first kappa shape index (κ1) is 14.0. The fourth-order valence-corrected chi connectivity index (χ4v) is 3.17. The van der Waals surface area contributed by atoms with Crippen LogP contribution < -0.4 is 10.6 Å². The Morgan fingerprint density at radius 1 is 1.50 bits per heavy atom. The van der Waals surface area contributed by atoms with Crippen LogP contribution in [0.5, 0.6) is 0 Å². The van der Waals surface area contributed by atoms with Crippen molar-refractivity contribution in [2.24, 2.45) is 0 Å². The van der Waals surface area contributed by atoms with E-state index in [0.29, 0.717) is 22.2 Å². The molecule has 1 fully saturated rings. The summed E-state index contributed by atoms with van der Waals surface area (Å²) in [5, 5.41) is 7.15. The highest BCUT2D eigenvalue weighted by Crippen LogP contribution is 2.25. The smallest absolute Gasteiger partial charge is 0.226 e. The third kappa shape index (κ3) is 4.05. The molecule has 18 heavy (non-hydrogen) atoms. The topological polar surface area (TPSA) is 41.1 Å². The van der Waals surface area contributed by atoms with Crippen LogP contribution in [0, 0.1) is 0 Å². The minimum Gasteiger partial charge on any atom is -0.325 e. The van der Waals surface area contributed by atoms with Gasteiger partial charge < -0.3 is 10.6 Å². The molecule has 1 aromatic carbocycles. The summed E-state index contributed by atoms with van der Waals surface area (Å²) in [7, 11) is 0. The quantitative estimate of drug-likeness (QED) is 0.902. The van der Waals surface area contributed by atoms with Crippen LogP contribution in [0.25, 0.3) is 0 Å². The summed E-state index contributed by atoms with van der Waals surface area (Å²) in [4.78, 5) is 11.9. The Bertz CT molecular complexity index is 436. The van der Waals surface area contributed by atoms with Gasteiger partial charge in [-0.05, 0) is 18.2 Å². The molecule has 1 amide bonds. The van der Waals surface area contributed by atoms with Crippen molar-refractivity contribution in [1.29, 1.82) is 0 Å². The highest BCUT2D eigenvalue weighted by molar-refractivity contribution is 7.99. The normalized spacial score (nSPS) is 19.6. The second-order valence-corrected chi connectivity index (χ2v) is 6.10. The third-order valence-corrected chi connectivity index (χ3v) is 4.31. The highest BCUT2D eigenvalue weighted by Gasteiger charge is 2.17. The minimum atomic E-state index is -0.0285. The second-order valence-electron chi connectivity index (χ2n) is 4.10. The molecule has 1 aliphatic rings. The molecular formula is C12H14Cl2N2OS. The van der Waals surface area contributed by atoms with Crippen LogP contribution in [0.1, 0.15) is 6.42 Å². The second kappa shape index (κ2) is 6.66. The van der Waals surface area contributed by atoms with Crippen LogP contribution >= 0.6 is 35.0 Å². The maximum atomic E-state index is 11.9. The zero-order valence-corrected chi connectivity index (χ0v) is 12.0. The monoisotopic (exact) mass is 304 g/mol. The number of rotatable bonds is 3. The third-order valence-electron chi connectivity index (χ3n) is 2.64. The number of anilines is 1. The molecule has 2 N–H and O–H groups in total. The summed E-state index contributed by atoms with van der Waals surface area (Å²) < 4.78 is 0. The molecule has 0 aromatic heterocycles. The Morgan fingerprint density at radius 2 is 2.33 bits per heavy atom. The van der Waals surface area contributed by atoms with E-state index in [0.717, 1.165) is 18.1 Å². The van der Waals surface area contributed by atoms with Crippen LogP contribution in [0.4, 0.5) is 5.69 Å². The molecule has 0 radical (unpaired) electrons. The molecule has 0 saturated carbocycles. The van der Waals surface area contributed by atoms with Crippen molar-refractivity contribution in [3.63, 3.8) is 0 Å². The molecule has 0 aliphatic carbocycles. The lowest BCUT2D eigenvalue weighted by Crippen LogP contribution is -2.39. The lowest BCUT2D eigenvalue weighted by atomic mass is 10.2. The summed E-state index contributed by atoms with van der Waals surface area (Å²) in [6.07, 6.45) is 0.464. The largest absolute Gasteiger partial charge is 0.325 e. The maximum Gasteiger partial charge on any atom is 0.226 e. The zero-order chi connectivity index (χ0) is 13.0. The van der Waals surface area contributed by atoms with E-state index in [1.54, 1.807) is 18.2 Å². The van der Waals surface area contributed by atoms with Gasteiger partial charge in [0.15, 0.2) is 0 Å². The van der Waals surface area contributed by atoms with Gasteiger partial charge in [-0.15, -0.1) is 0 Å². The Kier molecular flexibility index (Phi) is 5.18. The molecule has 1 aliphatic heterocycles. The van der Waals surface area contributed by atoms with Crippen molar-refractivity contribution in [2.75, 3.05) is 23.4 Å². The van der Waals surface area contributed by atoms with Gasteiger partial charge in [-0.1, -0.05) is 23.2 Å². The summed E-state index contributed by atoms with van der Waals surface area (Å²) in [6, 6.07) is 5.28. The standard InChI is InChI=1S/C12H14Cl2N2OS/c13-8-1-2-11(10(14)5-8)16-12(17)6-9-7-18-4-3-15-9/h1-2,5,9,15H,3-4,6-7H2,(H,16,17). The van der Waals surface area contributed by atoms with E-state index >= 15 is 0 Å². The molecule has 3 nitrogen and oxygen atoms in total. The van der Waals surface area contributed by atoms with Crippen molar-refractivity contribution in [3.8, 4) is 0 Å². The fourth-order valence-electron chi connectivity index (χ4n) is 1.77. The van der Waals surface area contributed by atoms with Crippen molar-refractivity contribution in [2.45, 2.75) is 12.5 Å². The predicted octanol–water partition coefficient (Wildman–Crippen LogP) is 3.03. The van der Waals surface area contributed by atoms with E-state index in [1.807, 2.05) is 11.8 Å². The Balaban J connectivity index is 1.90. The lowest BCUT2D eigenvalue weighted by molar-refractivity contribution is -0.116. The van der Waals surface area contributed by atoms with Crippen LogP contribution in [0.3, 0.4) is 0 Å². The summed E-state index contributed by atoms with van der Waals surface area (Å²) in [5.74, 6) is 2.06. The van der Waals surface area contributed by atoms with Crippen LogP contribution in [0.15, 0.2) is 18.2 Å². The van der Waals surface area contributed by atoms with E-state index in [-0.39, 0.29) is 11.9 Å². The van der Waals surface area contributed by atoms with E-state index in [2.05, 4.69) is 10.6 Å². The van der Waals surface area contributed by atoms with Crippen molar-refractivity contribution < 1.29 is 4.79 Å². The van der Waals surface area contributed by atoms with E-state index in [1.165, 1.54) is 0 Å². The van der Waals surface area contributed by atoms with Gasteiger partial charge in [-0.2, -0.15) is 11.8 Å². The average Bonchev–Trinajstić information content (AvgIpc) is 2.34. The molecule has 98 valence electrons. The van der Waals surface area contributed by atoms with Gasteiger partial charge in [0.25, 0.3) is 0 Å². The minimum absolute atomic E-state index is 0.0285. The number of amides is 1. The molecule has 0 spiro atoms. The van der Waals surface area contributed by atoms with E-state index in [9.17, 15) is 4.79 Å². The van der Waals surface area contributed by atoms with Gasteiger partial charge in [-0.3, -0.25) is 4.79 Å². The number of benzene rings is 1. The van der Waals surface area contributed by atoms with E-state index in [4.69, 9.17) is 23.2 Å². The Hall–Kier alpha value is -0.420. The first-order chi connectivity index (χ1) is 8.65. The van der Waals surface area contributed by atoms with Crippen molar-refractivity contribution in [3.05, 3.63) is 28.2 Å². The highest BCUT2D eigenvalue weighted by atomic mass is 35.5. The van der Waals surface area contributed by atoms with Crippen molar-refractivity contribution in [1.82, 2.24) is 5.32 Å². The Morgan fingerprint density at radius 3 is 3.00 bits per heavy atom. The fraction of sp³-hybridized carbons (Fsp3) is 0.417. The molecule has 0 bridgehead atoms. The number of thioether (sulfide) groups is 1. The maximum absolute atomic E-state index is 11.9. The molecule has 1 aromatic rings. The molecular weight excluding hydrogens is 291 g/mol. The number of hydrogen-bond donors (Lipinski definition) is 2. The SMILES string of the molecule is O=C(CC1CSCCN1)Nc1ccc(Cl)cc1Cl. The average molecular weight is 305 g/mol. The number of halogens is 2. The predicted molar refractivity (Wildman–Crippen MR) is 78.8 cm³/mol. The van der Waals surface area contributed by atoms with Gasteiger partial charge in [0.05, 0.1) is 10.7 Å². The molecule has 1 saturated heterocycles. The number of hydrogen-bond acceptors (Lipinski definition) is 3. The van der Waals surface area contributed by atoms with Crippen LogP contribution in [0.2, 0.25) is 10.0 Å².